The van der Waals surface area contributed by atoms with Crippen LogP contribution in [0.3, 0.4) is 0 Å². The third kappa shape index (κ3) is 4.62. The zero-order valence-electron chi connectivity index (χ0n) is 17.4. The monoisotopic (exact) mass is 428 g/mol. The molecule has 1 aliphatic carbocycles. The molecule has 0 radical (unpaired) electrons. The van der Waals surface area contributed by atoms with Crippen molar-refractivity contribution >= 4 is 5.97 Å². The lowest BCUT2D eigenvalue weighted by Gasteiger charge is -2.41. The number of fused-ring (bicyclic) bond motifs is 1. The molecule has 2 heterocycles. The van der Waals surface area contributed by atoms with Gasteiger partial charge in [0.25, 0.3) is 0 Å². The Labute approximate surface area is 175 Å². The van der Waals surface area contributed by atoms with Crippen LogP contribution < -0.4 is 0 Å². The summed E-state index contributed by atoms with van der Waals surface area (Å²) in [5.41, 5.74) is 1.47. The van der Waals surface area contributed by atoms with E-state index in [0.717, 1.165) is 11.1 Å². The molecule has 0 unspecified atom stereocenters. The van der Waals surface area contributed by atoms with Crippen LogP contribution in [0.4, 0.5) is 0 Å². The van der Waals surface area contributed by atoms with E-state index in [1.165, 1.54) is 0 Å². The van der Waals surface area contributed by atoms with Gasteiger partial charge < -0.3 is 39.7 Å². The molecular formula is C21H32O9. The molecule has 30 heavy (non-hydrogen) atoms. The first-order chi connectivity index (χ1) is 14.1. The summed E-state index contributed by atoms with van der Waals surface area (Å²) in [5.74, 6) is -0.837. The van der Waals surface area contributed by atoms with E-state index in [1.807, 2.05) is 13.0 Å². The van der Waals surface area contributed by atoms with Crippen LogP contribution in [0, 0.1) is 11.8 Å². The standard InChI is InChI=1S/C21H32O9/c1-9-4-5-14(29-21-19(26)18(25)17(24)16(8-22)30-21)10(2)6-15-12(7-13(9)23)11(3)20(27)28-15/h4,6,11-19,21-26H,5,7-8H2,1-3H3/b9-4-,10-6-/t11-,12-,13-,14-,15+,16+,17+,18-,19+,21+/m0/s1. The molecule has 5 N–H and O–H groups in total. The number of rotatable bonds is 3. The Kier molecular flexibility index (Phi) is 7.34. The molecular weight excluding hydrogens is 396 g/mol. The largest absolute Gasteiger partial charge is 0.458 e. The molecule has 3 rings (SSSR count). The van der Waals surface area contributed by atoms with Gasteiger partial charge in [0.1, 0.15) is 30.5 Å². The summed E-state index contributed by atoms with van der Waals surface area (Å²) in [7, 11) is 0. The molecule has 0 aromatic carbocycles. The molecule has 0 spiro atoms. The van der Waals surface area contributed by atoms with Gasteiger partial charge in [0.05, 0.1) is 24.7 Å². The maximum atomic E-state index is 12.1. The van der Waals surface area contributed by atoms with E-state index < -0.39 is 55.6 Å². The summed E-state index contributed by atoms with van der Waals surface area (Å²) in [6.45, 7) is 4.85. The van der Waals surface area contributed by atoms with Crippen molar-refractivity contribution in [3.05, 3.63) is 23.3 Å². The Balaban J connectivity index is 1.85. The third-order valence-corrected chi connectivity index (χ3v) is 6.45. The van der Waals surface area contributed by atoms with E-state index >= 15 is 0 Å². The first-order valence-corrected chi connectivity index (χ1v) is 10.3. The van der Waals surface area contributed by atoms with Crippen molar-refractivity contribution in [2.45, 2.75) is 82.6 Å². The van der Waals surface area contributed by atoms with Crippen LogP contribution in [0.2, 0.25) is 0 Å². The minimum absolute atomic E-state index is 0.184. The Morgan fingerprint density at radius 2 is 1.80 bits per heavy atom. The predicted octanol–water partition coefficient (Wildman–Crippen LogP) is -0.603. The van der Waals surface area contributed by atoms with Gasteiger partial charge in [-0.2, -0.15) is 0 Å². The molecule has 2 fully saturated rings. The van der Waals surface area contributed by atoms with Crippen LogP contribution in [0.5, 0.6) is 0 Å². The number of ether oxygens (including phenoxy) is 3. The van der Waals surface area contributed by atoms with Crippen molar-refractivity contribution in [1.82, 2.24) is 0 Å². The molecule has 0 aromatic rings. The topological polar surface area (TPSA) is 146 Å². The second-order valence-corrected chi connectivity index (χ2v) is 8.52. The fourth-order valence-electron chi connectivity index (χ4n) is 4.21. The lowest BCUT2D eigenvalue weighted by molar-refractivity contribution is -0.308. The van der Waals surface area contributed by atoms with Crippen molar-refractivity contribution in [2.24, 2.45) is 11.8 Å². The summed E-state index contributed by atoms with van der Waals surface area (Å²) in [4.78, 5) is 12.1. The van der Waals surface area contributed by atoms with Gasteiger partial charge in [-0.25, -0.2) is 0 Å². The second-order valence-electron chi connectivity index (χ2n) is 8.52. The van der Waals surface area contributed by atoms with Gasteiger partial charge in [0.15, 0.2) is 6.29 Å². The van der Waals surface area contributed by atoms with E-state index in [0.29, 0.717) is 12.8 Å². The van der Waals surface area contributed by atoms with Crippen LogP contribution in [-0.2, 0) is 19.0 Å². The van der Waals surface area contributed by atoms with Crippen LogP contribution in [0.1, 0.15) is 33.6 Å². The molecule has 10 atom stereocenters. The zero-order valence-corrected chi connectivity index (χ0v) is 17.4. The number of aliphatic hydroxyl groups excluding tert-OH is 5. The molecule has 3 aliphatic rings. The summed E-state index contributed by atoms with van der Waals surface area (Å²) in [5, 5.41) is 50.2. The average Bonchev–Trinajstić information content (AvgIpc) is 2.97. The maximum Gasteiger partial charge on any atom is 0.309 e. The van der Waals surface area contributed by atoms with Crippen molar-refractivity contribution < 1.29 is 44.5 Å². The minimum Gasteiger partial charge on any atom is -0.458 e. The van der Waals surface area contributed by atoms with Gasteiger partial charge in [-0.1, -0.05) is 13.0 Å². The van der Waals surface area contributed by atoms with Gasteiger partial charge >= 0.3 is 5.97 Å². The number of esters is 1. The van der Waals surface area contributed by atoms with E-state index in [2.05, 4.69) is 0 Å². The quantitative estimate of drug-likeness (QED) is 0.294. The summed E-state index contributed by atoms with van der Waals surface area (Å²) in [6, 6.07) is 0. The molecule has 0 bridgehead atoms. The van der Waals surface area contributed by atoms with Crippen LogP contribution in [0.25, 0.3) is 0 Å². The van der Waals surface area contributed by atoms with Gasteiger partial charge in [0, 0.05) is 5.92 Å². The predicted molar refractivity (Wildman–Crippen MR) is 104 cm³/mol. The van der Waals surface area contributed by atoms with Gasteiger partial charge in [-0.05, 0) is 43.9 Å². The highest BCUT2D eigenvalue weighted by molar-refractivity contribution is 5.75. The molecule has 2 aliphatic heterocycles. The summed E-state index contributed by atoms with van der Waals surface area (Å²) < 4.78 is 16.9. The van der Waals surface area contributed by atoms with Gasteiger partial charge in [0.2, 0.25) is 0 Å². The molecule has 0 aromatic heterocycles. The maximum absolute atomic E-state index is 12.1. The number of hydrogen-bond acceptors (Lipinski definition) is 9. The van der Waals surface area contributed by atoms with Crippen LogP contribution in [-0.4, -0.2) is 87.1 Å². The second kappa shape index (κ2) is 9.44. The molecule has 0 amide bonds. The van der Waals surface area contributed by atoms with Crippen LogP contribution in [0.15, 0.2) is 23.3 Å². The van der Waals surface area contributed by atoms with Crippen molar-refractivity contribution in [3.8, 4) is 0 Å². The fraction of sp³-hybridized carbons (Fsp3) is 0.762. The number of carbonyl (C=O) groups excluding carboxylic acids is 1. The molecule has 170 valence electrons. The van der Waals surface area contributed by atoms with E-state index in [9.17, 15) is 30.3 Å². The number of aliphatic hydroxyl groups is 5. The van der Waals surface area contributed by atoms with Crippen molar-refractivity contribution in [1.29, 1.82) is 0 Å². The highest BCUT2D eigenvalue weighted by Gasteiger charge is 2.46. The smallest absolute Gasteiger partial charge is 0.309 e. The van der Waals surface area contributed by atoms with Gasteiger partial charge in [-0.15, -0.1) is 0 Å². The fourth-order valence-corrected chi connectivity index (χ4v) is 4.21. The lowest BCUT2D eigenvalue weighted by atomic mass is 9.83. The van der Waals surface area contributed by atoms with E-state index in [1.54, 1.807) is 19.9 Å². The van der Waals surface area contributed by atoms with Crippen molar-refractivity contribution in [2.75, 3.05) is 6.61 Å². The average molecular weight is 428 g/mol. The first kappa shape index (κ1) is 23.3. The third-order valence-electron chi connectivity index (χ3n) is 6.45. The molecule has 0 saturated carbocycles. The number of hydrogen-bond donors (Lipinski definition) is 5. The van der Waals surface area contributed by atoms with E-state index in [-0.39, 0.29) is 17.8 Å². The zero-order chi connectivity index (χ0) is 22.2. The highest BCUT2D eigenvalue weighted by atomic mass is 16.7. The van der Waals surface area contributed by atoms with Crippen molar-refractivity contribution in [3.63, 3.8) is 0 Å². The highest BCUT2D eigenvalue weighted by Crippen LogP contribution is 2.36. The Bertz CT molecular complexity index is 688. The molecule has 9 heteroatoms. The van der Waals surface area contributed by atoms with Gasteiger partial charge in [-0.3, -0.25) is 4.79 Å². The Hall–Kier alpha value is -1.33. The normalized spacial score (nSPS) is 48.7. The Morgan fingerprint density at radius 1 is 1.10 bits per heavy atom. The molecule has 2 saturated heterocycles. The first-order valence-electron chi connectivity index (χ1n) is 10.3. The SMILES string of the molecule is C/C1=C/[C@H]2OC(=O)[C@@H](C)[C@@H]2C[C@H](O)/C(C)=C\C[C@@H]1O[C@@H]1O[C@H](CO)[C@@H](O)[C@H](O)[C@H]1O. The Morgan fingerprint density at radius 3 is 2.47 bits per heavy atom. The number of carbonyl (C=O) groups is 1. The summed E-state index contributed by atoms with van der Waals surface area (Å²) in [6.07, 6.45) is -4.34. The summed E-state index contributed by atoms with van der Waals surface area (Å²) >= 11 is 0. The van der Waals surface area contributed by atoms with Crippen LogP contribution >= 0.6 is 0 Å². The lowest BCUT2D eigenvalue weighted by Crippen LogP contribution is -2.59. The minimum atomic E-state index is -1.54. The van der Waals surface area contributed by atoms with E-state index in [4.69, 9.17) is 14.2 Å². The molecule has 9 nitrogen and oxygen atoms in total.